The van der Waals surface area contributed by atoms with Gasteiger partial charge in [-0.15, -0.1) is 0 Å². The molecular formula is C18H26N2O2. The Hall–Kier alpha value is -1.55. The third-order valence-corrected chi connectivity index (χ3v) is 5.17. The molecule has 0 bridgehead atoms. The number of ether oxygens (including phenoxy) is 1. The molecular weight excluding hydrogens is 276 g/mol. The fraction of sp³-hybridized carbons (Fsp3) is 0.611. The van der Waals surface area contributed by atoms with Crippen molar-refractivity contribution in [1.29, 1.82) is 0 Å². The summed E-state index contributed by atoms with van der Waals surface area (Å²) in [5, 5.41) is 3.44. The molecule has 1 spiro atoms. The van der Waals surface area contributed by atoms with Gasteiger partial charge < -0.3 is 15.0 Å². The van der Waals surface area contributed by atoms with E-state index in [2.05, 4.69) is 5.32 Å². The maximum atomic E-state index is 12.3. The van der Waals surface area contributed by atoms with Crippen molar-refractivity contribution in [3.05, 3.63) is 35.9 Å². The molecule has 2 heterocycles. The molecule has 0 aliphatic carbocycles. The van der Waals surface area contributed by atoms with Crippen LogP contribution in [0, 0.1) is 5.41 Å². The lowest BCUT2D eigenvalue weighted by Crippen LogP contribution is -2.38. The number of carbonyl (C=O) groups is 1. The number of amides is 1. The quantitative estimate of drug-likeness (QED) is 0.912. The minimum Gasteiger partial charge on any atom is -0.445 e. The SMILES string of the molecule is O=C(OCc1ccccc1)N1CCCC2(CCNCC2)CC1. The van der Waals surface area contributed by atoms with E-state index >= 15 is 0 Å². The van der Waals surface area contributed by atoms with Crippen LogP contribution in [0.1, 0.15) is 37.7 Å². The van der Waals surface area contributed by atoms with E-state index in [0.717, 1.165) is 44.6 Å². The molecule has 0 atom stereocenters. The van der Waals surface area contributed by atoms with Crippen LogP contribution in [0.4, 0.5) is 4.79 Å². The predicted molar refractivity (Wildman–Crippen MR) is 86.6 cm³/mol. The van der Waals surface area contributed by atoms with Gasteiger partial charge in [-0.05, 0) is 56.2 Å². The summed E-state index contributed by atoms with van der Waals surface area (Å²) in [7, 11) is 0. The largest absolute Gasteiger partial charge is 0.445 e. The number of benzene rings is 1. The van der Waals surface area contributed by atoms with E-state index in [4.69, 9.17) is 4.74 Å². The Balaban J connectivity index is 1.51. The highest BCUT2D eigenvalue weighted by molar-refractivity contribution is 5.67. The molecule has 1 N–H and O–H groups in total. The summed E-state index contributed by atoms with van der Waals surface area (Å²) in [6.45, 7) is 4.29. The van der Waals surface area contributed by atoms with Gasteiger partial charge in [0.25, 0.3) is 0 Å². The van der Waals surface area contributed by atoms with Crippen molar-refractivity contribution in [2.75, 3.05) is 26.2 Å². The monoisotopic (exact) mass is 302 g/mol. The van der Waals surface area contributed by atoms with Gasteiger partial charge in [-0.1, -0.05) is 30.3 Å². The Morgan fingerprint density at radius 2 is 1.86 bits per heavy atom. The second kappa shape index (κ2) is 7.14. The second-order valence-electron chi connectivity index (χ2n) is 6.63. The number of likely N-dealkylation sites (tertiary alicyclic amines) is 1. The van der Waals surface area contributed by atoms with Crippen molar-refractivity contribution in [3.63, 3.8) is 0 Å². The number of nitrogens with one attached hydrogen (secondary N) is 1. The van der Waals surface area contributed by atoms with Crippen LogP contribution >= 0.6 is 0 Å². The summed E-state index contributed by atoms with van der Waals surface area (Å²) in [5.41, 5.74) is 1.50. The van der Waals surface area contributed by atoms with Crippen molar-refractivity contribution >= 4 is 6.09 Å². The van der Waals surface area contributed by atoms with E-state index in [1.165, 1.54) is 19.3 Å². The molecule has 1 aromatic carbocycles. The average Bonchev–Trinajstić information content (AvgIpc) is 2.77. The molecule has 0 unspecified atom stereocenters. The molecule has 120 valence electrons. The molecule has 22 heavy (non-hydrogen) atoms. The van der Waals surface area contributed by atoms with E-state index in [1.807, 2.05) is 35.2 Å². The van der Waals surface area contributed by atoms with Crippen molar-refractivity contribution in [3.8, 4) is 0 Å². The summed E-state index contributed by atoms with van der Waals surface area (Å²) in [5.74, 6) is 0. The van der Waals surface area contributed by atoms with Crippen LogP contribution in [0.25, 0.3) is 0 Å². The third kappa shape index (κ3) is 3.80. The lowest BCUT2D eigenvalue weighted by Gasteiger charge is -2.36. The highest BCUT2D eigenvalue weighted by Gasteiger charge is 2.34. The zero-order chi connectivity index (χ0) is 15.3. The standard InChI is InChI=1S/C18H26N2O2/c21-17(22-15-16-5-2-1-3-6-16)20-13-4-7-18(10-14-20)8-11-19-12-9-18/h1-3,5-6,19H,4,7-15H2. The van der Waals surface area contributed by atoms with Crippen molar-refractivity contribution in [2.24, 2.45) is 5.41 Å². The Bertz CT molecular complexity index is 483. The Morgan fingerprint density at radius 1 is 1.09 bits per heavy atom. The zero-order valence-corrected chi connectivity index (χ0v) is 13.2. The van der Waals surface area contributed by atoms with Crippen LogP contribution in [0.15, 0.2) is 30.3 Å². The fourth-order valence-corrected chi connectivity index (χ4v) is 3.70. The zero-order valence-electron chi connectivity index (χ0n) is 13.2. The first-order valence-corrected chi connectivity index (χ1v) is 8.44. The molecule has 2 aliphatic heterocycles. The summed E-state index contributed by atoms with van der Waals surface area (Å²) in [6.07, 6.45) is 5.81. The molecule has 0 saturated carbocycles. The number of carbonyl (C=O) groups excluding carboxylic acids is 1. The highest BCUT2D eigenvalue weighted by Crippen LogP contribution is 2.39. The number of hydrogen-bond donors (Lipinski definition) is 1. The average molecular weight is 302 g/mol. The normalized spacial score (nSPS) is 21.4. The molecule has 1 amide bonds. The fourth-order valence-electron chi connectivity index (χ4n) is 3.70. The van der Waals surface area contributed by atoms with Gasteiger partial charge in [0, 0.05) is 13.1 Å². The van der Waals surface area contributed by atoms with Gasteiger partial charge in [-0.25, -0.2) is 4.79 Å². The lowest BCUT2D eigenvalue weighted by atomic mass is 9.73. The number of piperidine rings is 1. The van der Waals surface area contributed by atoms with E-state index in [-0.39, 0.29) is 6.09 Å². The van der Waals surface area contributed by atoms with Gasteiger partial charge in [0.1, 0.15) is 6.61 Å². The summed E-state index contributed by atoms with van der Waals surface area (Å²) < 4.78 is 5.47. The van der Waals surface area contributed by atoms with Crippen molar-refractivity contribution in [1.82, 2.24) is 10.2 Å². The minimum absolute atomic E-state index is 0.158. The van der Waals surface area contributed by atoms with Gasteiger partial charge >= 0.3 is 6.09 Å². The van der Waals surface area contributed by atoms with Gasteiger partial charge in [-0.3, -0.25) is 0 Å². The lowest BCUT2D eigenvalue weighted by molar-refractivity contribution is 0.0945. The first-order chi connectivity index (χ1) is 10.8. The first-order valence-electron chi connectivity index (χ1n) is 8.44. The molecule has 2 fully saturated rings. The second-order valence-corrected chi connectivity index (χ2v) is 6.63. The minimum atomic E-state index is -0.158. The van der Waals surface area contributed by atoms with E-state index in [1.54, 1.807) is 0 Å². The third-order valence-electron chi connectivity index (χ3n) is 5.17. The molecule has 0 aromatic heterocycles. The van der Waals surface area contributed by atoms with Crippen LogP contribution in [-0.2, 0) is 11.3 Å². The number of nitrogens with zero attached hydrogens (tertiary/aromatic N) is 1. The predicted octanol–water partition coefficient (Wildman–Crippen LogP) is 3.18. The first kappa shape index (κ1) is 15.3. The number of rotatable bonds is 2. The van der Waals surface area contributed by atoms with E-state index in [0.29, 0.717) is 12.0 Å². The van der Waals surface area contributed by atoms with Crippen molar-refractivity contribution < 1.29 is 9.53 Å². The maximum Gasteiger partial charge on any atom is 0.410 e. The molecule has 3 rings (SSSR count). The van der Waals surface area contributed by atoms with Crippen LogP contribution < -0.4 is 5.32 Å². The molecule has 2 aliphatic rings. The van der Waals surface area contributed by atoms with Crippen LogP contribution in [0.3, 0.4) is 0 Å². The van der Waals surface area contributed by atoms with Crippen LogP contribution in [0.5, 0.6) is 0 Å². The van der Waals surface area contributed by atoms with Gasteiger partial charge in [-0.2, -0.15) is 0 Å². The smallest absolute Gasteiger partial charge is 0.410 e. The topological polar surface area (TPSA) is 41.6 Å². The summed E-state index contributed by atoms with van der Waals surface area (Å²) in [6, 6.07) is 9.88. The molecule has 1 aromatic rings. The van der Waals surface area contributed by atoms with Gasteiger partial charge in [0.2, 0.25) is 0 Å². The van der Waals surface area contributed by atoms with E-state index in [9.17, 15) is 4.79 Å². The molecule has 2 saturated heterocycles. The molecule has 0 radical (unpaired) electrons. The van der Waals surface area contributed by atoms with Crippen molar-refractivity contribution in [2.45, 2.75) is 38.7 Å². The summed E-state index contributed by atoms with van der Waals surface area (Å²) in [4.78, 5) is 14.2. The molecule has 4 heteroatoms. The molecule has 4 nitrogen and oxygen atoms in total. The Kier molecular flexibility index (Phi) is 4.98. The van der Waals surface area contributed by atoms with E-state index < -0.39 is 0 Å². The van der Waals surface area contributed by atoms with Gasteiger partial charge in [0.05, 0.1) is 0 Å². The van der Waals surface area contributed by atoms with Crippen LogP contribution in [0.2, 0.25) is 0 Å². The Labute approximate surface area is 132 Å². The highest BCUT2D eigenvalue weighted by atomic mass is 16.6. The maximum absolute atomic E-state index is 12.3. The summed E-state index contributed by atoms with van der Waals surface area (Å²) >= 11 is 0. The van der Waals surface area contributed by atoms with Crippen LogP contribution in [-0.4, -0.2) is 37.2 Å². The Morgan fingerprint density at radius 3 is 2.64 bits per heavy atom. The van der Waals surface area contributed by atoms with Gasteiger partial charge in [0.15, 0.2) is 0 Å². The number of hydrogen-bond acceptors (Lipinski definition) is 3.